The first kappa shape index (κ1) is 16.5. The van der Waals surface area contributed by atoms with Gasteiger partial charge in [0.1, 0.15) is 0 Å². The third kappa shape index (κ3) is 4.31. The number of rotatable bonds is 4. The molecule has 0 aromatic heterocycles. The van der Waals surface area contributed by atoms with Gasteiger partial charge < -0.3 is 16.0 Å². The van der Waals surface area contributed by atoms with Crippen molar-refractivity contribution < 1.29 is 9.59 Å². The Labute approximate surface area is 131 Å². The van der Waals surface area contributed by atoms with Gasteiger partial charge in [0, 0.05) is 6.54 Å². The maximum Gasteiger partial charge on any atom is 0.242 e. The lowest BCUT2D eigenvalue weighted by atomic mass is 9.99. The lowest BCUT2D eigenvalue weighted by Gasteiger charge is -2.31. The van der Waals surface area contributed by atoms with Crippen LogP contribution >= 0.6 is 0 Å². The molecular weight excluding hydrogens is 278 g/mol. The minimum atomic E-state index is -0.296. The lowest BCUT2D eigenvalue weighted by Crippen LogP contribution is -2.43. The fourth-order valence-corrected chi connectivity index (χ4v) is 2.98. The van der Waals surface area contributed by atoms with E-state index in [1.54, 1.807) is 0 Å². The molecule has 2 rings (SSSR count). The summed E-state index contributed by atoms with van der Waals surface area (Å²) in [7, 11) is 0. The Morgan fingerprint density at radius 3 is 2.86 bits per heavy atom. The highest BCUT2D eigenvalue weighted by molar-refractivity contribution is 5.85. The largest absolute Gasteiger partial charge is 0.346 e. The zero-order valence-electron chi connectivity index (χ0n) is 13.2. The van der Waals surface area contributed by atoms with Crippen LogP contribution in [-0.4, -0.2) is 36.3 Å². The van der Waals surface area contributed by atoms with Crippen molar-refractivity contribution in [3.63, 3.8) is 0 Å². The van der Waals surface area contributed by atoms with Gasteiger partial charge >= 0.3 is 0 Å². The van der Waals surface area contributed by atoms with Crippen molar-refractivity contribution in [1.29, 1.82) is 0 Å². The van der Waals surface area contributed by atoms with Crippen LogP contribution < -0.4 is 11.1 Å². The van der Waals surface area contributed by atoms with E-state index in [1.807, 2.05) is 11.0 Å². The Bertz CT molecular complexity index is 530. The topological polar surface area (TPSA) is 75.4 Å². The molecule has 0 aliphatic carbocycles. The number of amides is 2. The molecule has 1 fully saturated rings. The van der Waals surface area contributed by atoms with E-state index in [0.717, 1.165) is 32.2 Å². The molecule has 22 heavy (non-hydrogen) atoms. The second-order valence-corrected chi connectivity index (χ2v) is 5.85. The van der Waals surface area contributed by atoms with Crippen molar-refractivity contribution in [2.45, 2.75) is 38.6 Å². The molecule has 1 aromatic carbocycles. The van der Waals surface area contributed by atoms with Gasteiger partial charge in [0.05, 0.1) is 19.1 Å². The molecule has 5 heteroatoms. The Kier molecular flexibility index (Phi) is 5.95. The number of carbonyl (C=O) groups excluding carboxylic acids is 2. The summed E-state index contributed by atoms with van der Waals surface area (Å²) < 4.78 is 0. The van der Waals surface area contributed by atoms with Crippen LogP contribution in [0.25, 0.3) is 0 Å². The highest BCUT2D eigenvalue weighted by atomic mass is 16.2. The number of likely N-dealkylation sites (tertiary alicyclic amines) is 1. The van der Waals surface area contributed by atoms with Crippen LogP contribution in [0.2, 0.25) is 0 Å². The standard InChI is InChI=1S/C17H25N3O2/c1-13-6-5-7-14(10-13)15-8-3-2-4-9-20(15)17(22)12-19-16(21)11-18/h5-7,10,15H,2-4,8-9,11-12,18H2,1H3,(H,19,21). The maximum absolute atomic E-state index is 12.5. The molecule has 1 aliphatic heterocycles. The fourth-order valence-electron chi connectivity index (χ4n) is 2.98. The van der Waals surface area contributed by atoms with Gasteiger partial charge in [-0.25, -0.2) is 0 Å². The van der Waals surface area contributed by atoms with Crippen molar-refractivity contribution >= 4 is 11.8 Å². The molecule has 1 aliphatic rings. The molecule has 0 radical (unpaired) electrons. The summed E-state index contributed by atoms with van der Waals surface area (Å²) in [6.45, 7) is 2.75. The molecule has 0 spiro atoms. The van der Waals surface area contributed by atoms with E-state index in [-0.39, 0.29) is 30.9 Å². The fraction of sp³-hybridized carbons (Fsp3) is 0.529. The van der Waals surface area contributed by atoms with Crippen LogP contribution in [0.1, 0.15) is 42.9 Å². The van der Waals surface area contributed by atoms with Crippen LogP contribution in [-0.2, 0) is 9.59 Å². The van der Waals surface area contributed by atoms with Crippen LogP contribution in [0.3, 0.4) is 0 Å². The third-order valence-electron chi connectivity index (χ3n) is 4.12. The van der Waals surface area contributed by atoms with Gasteiger partial charge in [-0.15, -0.1) is 0 Å². The molecule has 1 heterocycles. The lowest BCUT2D eigenvalue weighted by molar-refractivity contribution is -0.134. The molecule has 1 atom stereocenters. The summed E-state index contributed by atoms with van der Waals surface area (Å²) in [5, 5.41) is 2.58. The second-order valence-electron chi connectivity index (χ2n) is 5.85. The van der Waals surface area contributed by atoms with Crippen LogP contribution in [0.15, 0.2) is 24.3 Å². The van der Waals surface area contributed by atoms with Crippen molar-refractivity contribution in [2.24, 2.45) is 5.73 Å². The number of aryl methyl sites for hydroxylation is 1. The summed E-state index contributed by atoms with van der Waals surface area (Å²) in [5.41, 5.74) is 7.64. The van der Waals surface area contributed by atoms with E-state index in [4.69, 9.17) is 5.73 Å². The number of hydrogen-bond acceptors (Lipinski definition) is 3. The van der Waals surface area contributed by atoms with E-state index in [2.05, 4.69) is 30.4 Å². The highest BCUT2D eigenvalue weighted by Gasteiger charge is 2.26. The first-order valence-electron chi connectivity index (χ1n) is 7.94. The molecule has 0 saturated carbocycles. The molecule has 3 N–H and O–H groups in total. The molecule has 5 nitrogen and oxygen atoms in total. The Balaban J connectivity index is 2.13. The predicted molar refractivity (Wildman–Crippen MR) is 86.2 cm³/mol. The molecule has 1 unspecified atom stereocenters. The quantitative estimate of drug-likeness (QED) is 0.885. The van der Waals surface area contributed by atoms with Gasteiger partial charge in [-0.1, -0.05) is 42.7 Å². The number of carbonyl (C=O) groups is 2. The van der Waals surface area contributed by atoms with Gasteiger partial charge in [0.2, 0.25) is 11.8 Å². The maximum atomic E-state index is 12.5. The van der Waals surface area contributed by atoms with Gasteiger partial charge in [-0.2, -0.15) is 0 Å². The van der Waals surface area contributed by atoms with Gasteiger partial charge in [0.25, 0.3) is 0 Å². The Morgan fingerprint density at radius 2 is 2.14 bits per heavy atom. The summed E-state index contributed by atoms with van der Waals surface area (Å²) >= 11 is 0. The summed E-state index contributed by atoms with van der Waals surface area (Å²) in [6, 6.07) is 8.43. The summed E-state index contributed by atoms with van der Waals surface area (Å²) in [6.07, 6.45) is 4.25. The van der Waals surface area contributed by atoms with Crippen LogP contribution in [0, 0.1) is 6.92 Å². The van der Waals surface area contributed by atoms with E-state index in [1.165, 1.54) is 11.1 Å². The Hall–Kier alpha value is -1.88. The van der Waals surface area contributed by atoms with Crippen molar-refractivity contribution in [3.8, 4) is 0 Å². The summed E-state index contributed by atoms with van der Waals surface area (Å²) in [4.78, 5) is 25.7. The molecular formula is C17H25N3O2. The smallest absolute Gasteiger partial charge is 0.242 e. The normalized spacial score (nSPS) is 18.6. The molecule has 2 amide bonds. The van der Waals surface area contributed by atoms with E-state index >= 15 is 0 Å². The Morgan fingerprint density at radius 1 is 1.32 bits per heavy atom. The molecule has 1 aromatic rings. The number of nitrogens with two attached hydrogens (primary N) is 1. The predicted octanol–water partition coefficient (Wildman–Crippen LogP) is 1.51. The summed E-state index contributed by atoms with van der Waals surface area (Å²) in [5.74, 6) is -0.328. The van der Waals surface area contributed by atoms with Crippen LogP contribution in [0.4, 0.5) is 0 Å². The van der Waals surface area contributed by atoms with Crippen molar-refractivity contribution in [2.75, 3.05) is 19.6 Å². The SMILES string of the molecule is Cc1cccc(C2CCCCCN2C(=O)CNC(=O)CN)c1. The van der Waals surface area contributed by atoms with Crippen molar-refractivity contribution in [1.82, 2.24) is 10.2 Å². The van der Waals surface area contributed by atoms with Gasteiger partial charge in [0.15, 0.2) is 0 Å². The number of nitrogens with one attached hydrogen (secondary N) is 1. The average Bonchev–Trinajstić information content (AvgIpc) is 2.78. The average molecular weight is 303 g/mol. The first-order valence-corrected chi connectivity index (χ1v) is 7.94. The minimum absolute atomic E-state index is 0.0261. The number of benzene rings is 1. The first-order chi connectivity index (χ1) is 10.6. The van der Waals surface area contributed by atoms with Crippen LogP contribution in [0.5, 0.6) is 0 Å². The van der Waals surface area contributed by atoms with E-state index < -0.39 is 0 Å². The van der Waals surface area contributed by atoms with Crippen molar-refractivity contribution in [3.05, 3.63) is 35.4 Å². The highest BCUT2D eigenvalue weighted by Crippen LogP contribution is 2.30. The molecule has 1 saturated heterocycles. The third-order valence-corrected chi connectivity index (χ3v) is 4.12. The van der Waals surface area contributed by atoms with Gasteiger partial charge in [-0.3, -0.25) is 9.59 Å². The zero-order valence-corrected chi connectivity index (χ0v) is 13.2. The molecule has 120 valence electrons. The number of hydrogen-bond donors (Lipinski definition) is 2. The number of nitrogens with zero attached hydrogens (tertiary/aromatic N) is 1. The van der Waals surface area contributed by atoms with Gasteiger partial charge in [-0.05, 0) is 25.3 Å². The monoisotopic (exact) mass is 303 g/mol. The second kappa shape index (κ2) is 7.94. The molecule has 0 bridgehead atoms. The zero-order chi connectivity index (χ0) is 15.9. The minimum Gasteiger partial charge on any atom is -0.346 e. The van der Waals surface area contributed by atoms with E-state index in [9.17, 15) is 9.59 Å². The van der Waals surface area contributed by atoms with E-state index in [0.29, 0.717) is 0 Å².